The molecule has 0 bridgehead atoms. The highest BCUT2D eigenvalue weighted by Gasteiger charge is 2.18. The second kappa shape index (κ2) is 7.05. The summed E-state index contributed by atoms with van der Waals surface area (Å²) in [6.45, 7) is 0.914. The van der Waals surface area contributed by atoms with E-state index >= 15 is 0 Å². The Hall–Kier alpha value is -2.68. The molecule has 2 aromatic rings. The van der Waals surface area contributed by atoms with Crippen molar-refractivity contribution < 1.29 is 13.3 Å². The van der Waals surface area contributed by atoms with E-state index in [1.807, 2.05) is 12.1 Å². The molecule has 23 heavy (non-hydrogen) atoms. The lowest BCUT2D eigenvalue weighted by Crippen LogP contribution is -2.15. The molecule has 8 nitrogen and oxygen atoms in total. The third-order valence-corrected chi connectivity index (χ3v) is 4.12. The van der Waals surface area contributed by atoms with Crippen molar-refractivity contribution >= 4 is 27.0 Å². The summed E-state index contributed by atoms with van der Waals surface area (Å²) in [6, 6.07) is 9.26. The van der Waals surface area contributed by atoms with Crippen LogP contribution >= 0.6 is 0 Å². The summed E-state index contributed by atoms with van der Waals surface area (Å²) in [7, 11) is -3.49. The molecule has 0 aliphatic rings. The van der Waals surface area contributed by atoms with Gasteiger partial charge in [0.15, 0.2) is 9.84 Å². The van der Waals surface area contributed by atoms with Gasteiger partial charge in [-0.3, -0.25) is 10.1 Å². The minimum atomic E-state index is -3.49. The molecule has 1 heterocycles. The van der Waals surface area contributed by atoms with Gasteiger partial charge in [0.1, 0.15) is 11.5 Å². The Kier molecular flexibility index (Phi) is 5.12. The molecular formula is C14H16N4O4S. The summed E-state index contributed by atoms with van der Waals surface area (Å²) in [6.07, 6.45) is 2.67. The van der Waals surface area contributed by atoms with Crippen LogP contribution in [-0.2, 0) is 9.84 Å². The second-order valence-corrected chi connectivity index (χ2v) is 6.79. The lowest BCUT2D eigenvalue weighted by atomic mass is 10.2. The molecule has 2 N–H and O–H groups in total. The third kappa shape index (κ3) is 4.65. The maximum absolute atomic E-state index is 11.5. The van der Waals surface area contributed by atoms with Crippen molar-refractivity contribution in [1.29, 1.82) is 0 Å². The van der Waals surface area contributed by atoms with Crippen molar-refractivity contribution in [1.82, 2.24) is 4.98 Å². The zero-order chi connectivity index (χ0) is 16.9. The highest BCUT2D eigenvalue weighted by Crippen LogP contribution is 2.27. The highest BCUT2D eigenvalue weighted by molar-refractivity contribution is 7.90. The molecule has 1 aromatic carbocycles. The lowest BCUT2D eigenvalue weighted by Gasteiger charge is -2.09. The van der Waals surface area contributed by atoms with Crippen LogP contribution in [-0.4, -0.2) is 37.7 Å². The summed E-state index contributed by atoms with van der Waals surface area (Å²) in [5.74, 6) is 0.705. The Labute approximate surface area is 133 Å². The molecule has 2 rings (SSSR count). The molecule has 9 heteroatoms. The SMILES string of the molecule is CS(=O)(=O)c1ccc(NCCNc2ccccn2)c([N+](=O)[O-])c1. The van der Waals surface area contributed by atoms with E-state index in [1.54, 1.807) is 12.3 Å². The summed E-state index contributed by atoms with van der Waals surface area (Å²) in [5, 5.41) is 17.1. The average Bonchev–Trinajstić information content (AvgIpc) is 2.51. The fourth-order valence-corrected chi connectivity index (χ4v) is 2.54. The predicted molar refractivity (Wildman–Crippen MR) is 87.4 cm³/mol. The molecule has 0 radical (unpaired) electrons. The van der Waals surface area contributed by atoms with Crippen LogP contribution in [0.4, 0.5) is 17.2 Å². The first-order valence-corrected chi connectivity index (χ1v) is 8.64. The van der Waals surface area contributed by atoms with E-state index in [9.17, 15) is 18.5 Å². The van der Waals surface area contributed by atoms with Gasteiger partial charge in [-0.1, -0.05) is 6.07 Å². The van der Waals surface area contributed by atoms with Gasteiger partial charge >= 0.3 is 0 Å². The summed E-state index contributed by atoms with van der Waals surface area (Å²) < 4.78 is 23.0. The number of sulfone groups is 1. The van der Waals surface area contributed by atoms with Crippen molar-refractivity contribution in [2.75, 3.05) is 30.0 Å². The number of rotatable bonds is 7. The van der Waals surface area contributed by atoms with E-state index < -0.39 is 14.8 Å². The smallest absolute Gasteiger partial charge is 0.293 e. The third-order valence-electron chi connectivity index (χ3n) is 3.01. The van der Waals surface area contributed by atoms with Crippen LogP contribution < -0.4 is 10.6 Å². The number of nitro benzene ring substituents is 1. The van der Waals surface area contributed by atoms with Crippen molar-refractivity contribution in [2.45, 2.75) is 4.90 Å². The van der Waals surface area contributed by atoms with Crippen molar-refractivity contribution in [3.63, 3.8) is 0 Å². The Morgan fingerprint density at radius 1 is 1.17 bits per heavy atom. The van der Waals surface area contributed by atoms with Gasteiger partial charge in [0.05, 0.1) is 9.82 Å². The maximum Gasteiger partial charge on any atom is 0.293 e. The second-order valence-electron chi connectivity index (χ2n) is 4.78. The van der Waals surface area contributed by atoms with Crippen molar-refractivity contribution in [3.8, 4) is 0 Å². The van der Waals surface area contributed by atoms with Crippen molar-refractivity contribution in [2.24, 2.45) is 0 Å². The first-order chi connectivity index (χ1) is 10.9. The van der Waals surface area contributed by atoms with E-state index in [0.29, 0.717) is 18.9 Å². The Balaban J connectivity index is 2.03. The molecule has 0 aliphatic heterocycles. The zero-order valence-corrected chi connectivity index (χ0v) is 13.2. The van der Waals surface area contributed by atoms with Gasteiger partial charge in [0.2, 0.25) is 0 Å². The van der Waals surface area contributed by atoms with Crippen LogP contribution in [0.3, 0.4) is 0 Å². The Morgan fingerprint density at radius 2 is 1.91 bits per heavy atom. The number of nitro groups is 1. The fourth-order valence-electron chi connectivity index (χ4n) is 1.90. The number of nitrogens with one attached hydrogen (secondary N) is 2. The van der Waals surface area contributed by atoms with E-state index in [-0.39, 0.29) is 16.3 Å². The number of hydrogen-bond donors (Lipinski definition) is 2. The number of anilines is 2. The zero-order valence-electron chi connectivity index (χ0n) is 12.4. The normalized spacial score (nSPS) is 11.0. The van der Waals surface area contributed by atoms with Crippen molar-refractivity contribution in [3.05, 3.63) is 52.7 Å². The molecule has 0 saturated heterocycles. The molecule has 122 valence electrons. The summed E-state index contributed by atoms with van der Waals surface area (Å²) in [5.41, 5.74) is -0.00372. The lowest BCUT2D eigenvalue weighted by molar-refractivity contribution is -0.384. The molecule has 0 spiro atoms. The van der Waals surface area contributed by atoms with Crippen LogP contribution in [0.1, 0.15) is 0 Å². The van der Waals surface area contributed by atoms with E-state index in [2.05, 4.69) is 15.6 Å². The Bertz CT molecular complexity index is 794. The number of benzene rings is 1. The van der Waals surface area contributed by atoms with Gasteiger partial charge in [-0.25, -0.2) is 13.4 Å². The predicted octanol–water partition coefficient (Wildman–Crippen LogP) is 1.92. The van der Waals surface area contributed by atoms with Gasteiger partial charge in [0.25, 0.3) is 5.69 Å². The highest BCUT2D eigenvalue weighted by atomic mass is 32.2. The molecule has 0 atom stereocenters. The molecule has 0 unspecified atom stereocenters. The van der Waals surface area contributed by atoms with Gasteiger partial charge in [0, 0.05) is 31.6 Å². The number of pyridine rings is 1. The van der Waals surface area contributed by atoms with Crippen LogP contribution in [0.15, 0.2) is 47.5 Å². The molecule has 0 saturated carbocycles. The van der Waals surface area contributed by atoms with Crippen LogP contribution in [0.2, 0.25) is 0 Å². The quantitative estimate of drug-likeness (QED) is 0.451. The van der Waals surface area contributed by atoms with E-state index in [1.165, 1.54) is 12.1 Å². The number of hydrogen-bond acceptors (Lipinski definition) is 7. The minimum absolute atomic E-state index is 0.0821. The van der Waals surface area contributed by atoms with E-state index in [4.69, 9.17) is 0 Å². The summed E-state index contributed by atoms with van der Waals surface area (Å²) in [4.78, 5) is 14.5. The van der Waals surface area contributed by atoms with Crippen LogP contribution in [0.5, 0.6) is 0 Å². The van der Waals surface area contributed by atoms with Crippen LogP contribution in [0.25, 0.3) is 0 Å². The minimum Gasteiger partial charge on any atom is -0.378 e. The first kappa shape index (κ1) is 16.7. The van der Waals surface area contributed by atoms with Gasteiger partial charge in [-0.15, -0.1) is 0 Å². The largest absolute Gasteiger partial charge is 0.378 e. The van der Waals surface area contributed by atoms with Crippen LogP contribution in [0, 0.1) is 10.1 Å². The molecule has 0 amide bonds. The summed E-state index contributed by atoms with van der Waals surface area (Å²) >= 11 is 0. The maximum atomic E-state index is 11.5. The molecular weight excluding hydrogens is 320 g/mol. The standard InChI is InChI=1S/C14H16N4O4S/c1-23(21,22)11-5-6-12(13(10-11)18(19)20)15-8-9-17-14-4-2-3-7-16-14/h2-7,10,15H,8-9H2,1H3,(H,16,17). The monoisotopic (exact) mass is 336 g/mol. The van der Waals surface area contributed by atoms with Gasteiger partial charge in [-0.2, -0.15) is 0 Å². The number of nitrogens with zero attached hydrogens (tertiary/aromatic N) is 2. The fraction of sp³-hybridized carbons (Fsp3) is 0.214. The topological polar surface area (TPSA) is 114 Å². The molecule has 0 aliphatic carbocycles. The Morgan fingerprint density at radius 3 is 2.52 bits per heavy atom. The molecule has 0 fully saturated rings. The van der Waals surface area contributed by atoms with Gasteiger partial charge < -0.3 is 10.6 Å². The average molecular weight is 336 g/mol. The molecule has 1 aromatic heterocycles. The van der Waals surface area contributed by atoms with E-state index in [0.717, 1.165) is 12.3 Å². The first-order valence-electron chi connectivity index (χ1n) is 6.75. The number of aromatic nitrogens is 1. The van der Waals surface area contributed by atoms with Gasteiger partial charge in [-0.05, 0) is 24.3 Å².